The second-order valence-electron chi connectivity index (χ2n) is 2.79. The van der Waals surface area contributed by atoms with Crippen molar-refractivity contribution in [3.05, 3.63) is 23.2 Å². The average molecular weight is 231 g/mol. The van der Waals surface area contributed by atoms with Crippen LogP contribution in [0.3, 0.4) is 0 Å². The summed E-state index contributed by atoms with van der Waals surface area (Å²) in [4.78, 5) is 10.3. The molecule has 1 aromatic carbocycles. The Morgan fingerprint density at radius 2 is 2.20 bits per heavy atom. The number of benzene rings is 1. The van der Waals surface area contributed by atoms with Crippen molar-refractivity contribution in [1.29, 1.82) is 0 Å². The van der Waals surface area contributed by atoms with Gasteiger partial charge < -0.3 is 14.6 Å². The molecule has 82 valence electrons. The van der Waals surface area contributed by atoms with Gasteiger partial charge in [-0.25, -0.2) is 0 Å². The number of aliphatic carboxylic acids is 1. The lowest BCUT2D eigenvalue weighted by atomic mass is 10.3. The summed E-state index contributed by atoms with van der Waals surface area (Å²) in [5.41, 5.74) is 0. The van der Waals surface area contributed by atoms with Gasteiger partial charge in [0.05, 0.1) is 20.1 Å². The highest BCUT2D eigenvalue weighted by atomic mass is 35.5. The molecule has 0 aliphatic carbocycles. The highest BCUT2D eigenvalue weighted by molar-refractivity contribution is 6.30. The van der Waals surface area contributed by atoms with Gasteiger partial charge in [-0.15, -0.1) is 0 Å². The van der Waals surface area contributed by atoms with Gasteiger partial charge in [0.15, 0.2) is 11.5 Å². The average Bonchev–Trinajstić information content (AvgIpc) is 2.19. The van der Waals surface area contributed by atoms with E-state index in [9.17, 15) is 4.79 Å². The molecule has 15 heavy (non-hydrogen) atoms. The topological polar surface area (TPSA) is 55.8 Å². The highest BCUT2D eigenvalue weighted by Crippen LogP contribution is 2.29. The molecule has 1 aromatic rings. The third-order valence-corrected chi connectivity index (χ3v) is 1.93. The van der Waals surface area contributed by atoms with E-state index in [1.807, 2.05) is 0 Å². The van der Waals surface area contributed by atoms with E-state index in [2.05, 4.69) is 0 Å². The molecule has 0 atom stereocenters. The minimum absolute atomic E-state index is 0.0498. The summed E-state index contributed by atoms with van der Waals surface area (Å²) in [6, 6.07) is 4.90. The van der Waals surface area contributed by atoms with Gasteiger partial charge in [0.1, 0.15) is 0 Å². The van der Waals surface area contributed by atoms with Crippen molar-refractivity contribution in [3.8, 4) is 11.5 Å². The summed E-state index contributed by atoms with van der Waals surface area (Å²) in [5, 5.41) is 8.97. The lowest BCUT2D eigenvalue weighted by molar-refractivity contribution is -0.137. The first kappa shape index (κ1) is 11.7. The lowest BCUT2D eigenvalue weighted by Crippen LogP contribution is -2.05. The molecule has 1 rings (SSSR count). The van der Waals surface area contributed by atoms with E-state index in [-0.39, 0.29) is 13.0 Å². The minimum atomic E-state index is -0.900. The summed E-state index contributed by atoms with van der Waals surface area (Å²) in [6.45, 7) is 0.104. The number of methoxy groups -OCH3 is 1. The number of rotatable bonds is 5. The monoisotopic (exact) mass is 230 g/mol. The minimum Gasteiger partial charge on any atom is -0.493 e. The smallest absolute Gasteiger partial charge is 0.306 e. The Balaban J connectivity index is 2.63. The van der Waals surface area contributed by atoms with E-state index in [0.717, 1.165) is 0 Å². The summed E-state index contributed by atoms with van der Waals surface area (Å²) in [6.07, 6.45) is -0.0498. The van der Waals surface area contributed by atoms with Crippen LogP contribution >= 0.6 is 11.6 Å². The quantitative estimate of drug-likeness (QED) is 0.843. The second kappa shape index (κ2) is 5.46. The molecule has 0 fully saturated rings. The molecule has 0 radical (unpaired) electrons. The summed E-state index contributed by atoms with van der Waals surface area (Å²) >= 11 is 5.75. The number of hydrogen-bond acceptors (Lipinski definition) is 3. The Labute approximate surface area is 92.4 Å². The Bertz CT molecular complexity index is 351. The number of carbonyl (C=O) groups is 1. The Hall–Kier alpha value is -1.42. The SMILES string of the molecule is COc1cc(Cl)ccc1OCCC(=O)O. The van der Waals surface area contributed by atoms with Crippen molar-refractivity contribution in [2.24, 2.45) is 0 Å². The van der Waals surface area contributed by atoms with Crippen molar-refractivity contribution in [3.63, 3.8) is 0 Å². The van der Waals surface area contributed by atoms with Crippen LogP contribution in [0.2, 0.25) is 5.02 Å². The molecule has 0 spiro atoms. The van der Waals surface area contributed by atoms with Gasteiger partial charge in [0, 0.05) is 11.1 Å². The van der Waals surface area contributed by atoms with Crippen molar-refractivity contribution in [2.45, 2.75) is 6.42 Å². The fraction of sp³-hybridized carbons (Fsp3) is 0.300. The summed E-state index contributed by atoms with van der Waals surface area (Å²) < 4.78 is 10.3. The zero-order valence-corrected chi connectivity index (χ0v) is 8.95. The lowest BCUT2D eigenvalue weighted by Gasteiger charge is -2.09. The Morgan fingerprint density at radius 3 is 2.80 bits per heavy atom. The van der Waals surface area contributed by atoms with Gasteiger partial charge in [0.25, 0.3) is 0 Å². The van der Waals surface area contributed by atoms with Crippen LogP contribution in [0.5, 0.6) is 11.5 Å². The molecule has 1 N–H and O–H groups in total. The van der Waals surface area contributed by atoms with E-state index < -0.39 is 5.97 Å². The third kappa shape index (κ3) is 3.67. The van der Waals surface area contributed by atoms with Gasteiger partial charge in [-0.3, -0.25) is 4.79 Å². The number of carboxylic acids is 1. The molecule has 0 unspecified atom stereocenters. The maximum Gasteiger partial charge on any atom is 0.306 e. The third-order valence-electron chi connectivity index (χ3n) is 1.70. The van der Waals surface area contributed by atoms with E-state index in [1.165, 1.54) is 7.11 Å². The second-order valence-corrected chi connectivity index (χ2v) is 3.22. The zero-order valence-electron chi connectivity index (χ0n) is 8.20. The molecular weight excluding hydrogens is 220 g/mol. The molecule has 0 saturated heterocycles. The fourth-order valence-electron chi connectivity index (χ4n) is 1.01. The van der Waals surface area contributed by atoms with E-state index in [0.29, 0.717) is 16.5 Å². The van der Waals surface area contributed by atoms with Crippen molar-refractivity contribution >= 4 is 17.6 Å². The molecule has 0 aliphatic heterocycles. The van der Waals surface area contributed by atoms with E-state index in [1.54, 1.807) is 18.2 Å². The van der Waals surface area contributed by atoms with Crippen LogP contribution in [-0.2, 0) is 4.79 Å². The molecule has 0 heterocycles. The zero-order chi connectivity index (χ0) is 11.3. The molecule has 0 saturated carbocycles. The van der Waals surface area contributed by atoms with E-state index >= 15 is 0 Å². The fourth-order valence-corrected chi connectivity index (χ4v) is 1.17. The number of hydrogen-bond donors (Lipinski definition) is 1. The molecule has 0 amide bonds. The Kier molecular flexibility index (Phi) is 4.24. The maximum absolute atomic E-state index is 10.3. The number of carboxylic acid groups (broad SMARTS) is 1. The first-order chi connectivity index (χ1) is 7.13. The largest absolute Gasteiger partial charge is 0.493 e. The molecular formula is C10H11ClO4. The van der Waals surface area contributed by atoms with Crippen LogP contribution in [0.15, 0.2) is 18.2 Å². The van der Waals surface area contributed by atoms with E-state index in [4.69, 9.17) is 26.2 Å². The van der Waals surface area contributed by atoms with Crippen molar-refractivity contribution in [1.82, 2.24) is 0 Å². The van der Waals surface area contributed by atoms with Gasteiger partial charge in [0.2, 0.25) is 0 Å². The van der Waals surface area contributed by atoms with Crippen LogP contribution in [0.1, 0.15) is 6.42 Å². The predicted octanol–water partition coefficient (Wildman–Crippen LogP) is 2.20. The van der Waals surface area contributed by atoms with Gasteiger partial charge >= 0.3 is 5.97 Å². The van der Waals surface area contributed by atoms with Crippen LogP contribution in [0.25, 0.3) is 0 Å². The maximum atomic E-state index is 10.3. The highest BCUT2D eigenvalue weighted by Gasteiger charge is 2.05. The van der Waals surface area contributed by atoms with Crippen molar-refractivity contribution in [2.75, 3.05) is 13.7 Å². The van der Waals surface area contributed by atoms with Gasteiger partial charge in [-0.2, -0.15) is 0 Å². The van der Waals surface area contributed by atoms with Crippen LogP contribution < -0.4 is 9.47 Å². The van der Waals surface area contributed by atoms with Gasteiger partial charge in [-0.05, 0) is 12.1 Å². The standard InChI is InChI=1S/C10H11ClO4/c1-14-9-6-7(11)2-3-8(9)15-5-4-10(12)13/h2-3,6H,4-5H2,1H3,(H,12,13). The molecule has 0 bridgehead atoms. The number of halogens is 1. The molecule has 0 aliphatic rings. The van der Waals surface area contributed by atoms with Gasteiger partial charge in [-0.1, -0.05) is 11.6 Å². The first-order valence-corrected chi connectivity index (χ1v) is 4.69. The van der Waals surface area contributed by atoms with Crippen LogP contribution in [0.4, 0.5) is 0 Å². The first-order valence-electron chi connectivity index (χ1n) is 4.31. The molecule has 5 heteroatoms. The molecule has 4 nitrogen and oxygen atoms in total. The summed E-state index contributed by atoms with van der Waals surface area (Å²) in [5.74, 6) is 0.0824. The van der Waals surface area contributed by atoms with Crippen LogP contribution in [0, 0.1) is 0 Å². The van der Waals surface area contributed by atoms with Crippen molar-refractivity contribution < 1.29 is 19.4 Å². The Morgan fingerprint density at radius 1 is 1.47 bits per heavy atom. The molecule has 0 aromatic heterocycles. The summed E-state index contributed by atoms with van der Waals surface area (Å²) in [7, 11) is 1.50. The normalized spacial score (nSPS) is 9.73. The predicted molar refractivity (Wildman–Crippen MR) is 55.8 cm³/mol. The van der Waals surface area contributed by atoms with Crippen LogP contribution in [-0.4, -0.2) is 24.8 Å². The number of ether oxygens (including phenoxy) is 2.